The van der Waals surface area contributed by atoms with Gasteiger partial charge < -0.3 is 35.4 Å². The van der Waals surface area contributed by atoms with Gasteiger partial charge in [-0.1, -0.05) is 18.2 Å². The summed E-state index contributed by atoms with van der Waals surface area (Å²) >= 11 is 0. The average Bonchev–Trinajstić information content (AvgIpc) is 3.14. The highest BCUT2D eigenvalue weighted by atomic mass is 16.5. The molecule has 7 heteroatoms. The standard InChI is InChI=1S/C28H22O7/c29-15-3-1-13(2-4-15)28-27-21-10-19(33)11-22(34)25(21)24(14-7-17(31)9-18(32)8-14)26(27)20-6-5-16(30)12-23(20)35-28/h1-12,24,26-34H. The van der Waals surface area contributed by atoms with Gasteiger partial charge in [0, 0.05) is 41.5 Å². The number of phenols is 6. The Balaban J connectivity index is 1.66. The highest BCUT2D eigenvalue weighted by molar-refractivity contribution is 5.63. The first-order valence-electron chi connectivity index (χ1n) is 11.2. The minimum Gasteiger partial charge on any atom is -0.508 e. The van der Waals surface area contributed by atoms with Crippen LogP contribution in [0.1, 0.15) is 51.7 Å². The maximum Gasteiger partial charge on any atom is 0.131 e. The number of aromatic hydroxyl groups is 6. The van der Waals surface area contributed by atoms with Crippen molar-refractivity contribution in [1.82, 2.24) is 0 Å². The highest BCUT2D eigenvalue weighted by Gasteiger charge is 2.52. The van der Waals surface area contributed by atoms with Crippen LogP contribution in [0.3, 0.4) is 0 Å². The molecule has 7 nitrogen and oxygen atoms in total. The third-order valence-electron chi connectivity index (χ3n) is 7.03. The Labute approximate surface area is 200 Å². The number of ether oxygens (including phenoxy) is 1. The van der Waals surface area contributed by atoms with Crippen molar-refractivity contribution in [2.24, 2.45) is 0 Å². The fourth-order valence-electron chi connectivity index (χ4n) is 5.79. The van der Waals surface area contributed by atoms with E-state index in [2.05, 4.69) is 0 Å². The van der Waals surface area contributed by atoms with E-state index in [0.717, 1.165) is 11.1 Å². The smallest absolute Gasteiger partial charge is 0.131 e. The summed E-state index contributed by atoms with van der Waals surface area (Å²) in [5, 5.41) is 61.9. The third kappa shape index (κ3) is 3.27. The molecule has 4 atom stereocenters. The molecule has 176 valence electrons. The minimum absolute atomic E-state index is 0.0363. The molecule has 6 rings (SSSR count). The van der Waals surface area contributed by atoms with Crippen molar-refractivity contribution in [3.63, 3.8) is 0 Å². The Morgan fingerprint density at radius 2 is 1.17 bits per heavy atom. The molecular weight excluding hydrogens is 448 g/mol. The van der Waals surface area contributed by atoms with Crippen molar-refractivity contribution in [1.29, 1.82) is 0 Å². The largest absolute Gasteiger partial charge is 0.508 e. The van der Waals surface area contributed by atoms with Gasteiger partial charge in [0.15, 0.2) is 0 Å². The zero-order valence-corrected chi connectivity index (χ0v) is 18.3. The summed E-state index contributed by atoms with van der Waals surface area (Å²) < 4.78 is 6.42. The van der Waals surface area contributed by atoms with Crippen LogP contribution in [0.5, 0.6) is 40.2 Å². The van der Waals surface area contributed by atoms with Gasteiger partial charge in [-0.25, -0.2) is 0 Å². The lowest BCUT2D eigenvalue weighted by molar-refractivity contribution is 0.135. The van der Waals surface area contributed by atoms with E-state index in [-0.39, 0.29) is 46.3 Å². The SMILES string of the molecule is Oc1ccc(C2Oc3cc(O)ccc3C3C(c4cc(O)cc(O)c4)c4c(O)cc(O)cc4C23)cc1. The quantitative estimate of drug-likeness (QED) is 0.241. The molecule has 0 bridgehead atoms. The van der Waals surface area contributed by atoms with Crippen molar-refractivity contribution in [2.45, 2.75) is 23.9 Å². The van der Waals surface area contributed by atoms with E-state index in [9.17, 15) is 30.6 Å². The van der Waals surface area contributed by atoms with E-state index >= 15 is 0 Å². The van der Waals surface area contributed by atoms with Crippen molar-refractivity contribution in [2.75, 3.05) is 0 Å². The van der Waals surface area contributed by atoms with E-state index in [4.69, 9.17) is 4.74 Å². The molecule has 0 saturated carbocycles. The monoisotopic (exact) mass is 470 g/mol. The van der Waals surface area contributed by atoms with Crippen LogP contribution in [0.2, 0.25) is 0 Å². The molecule has 1 aliphatic heterocycles. The van der Waals surface area contributed by atoms with Crippen LogP contribution in [-0.2, 0) is 0 Å². The summed E-state index contributed by atoms with van der Waals surface area (Å²) in [7, 11) is 0. The fourth-order valence-corrected chi connectivity index (χ4v) is 5.79. The lowest BCUT2D eigenvalue weighted by Gasteiger charge is -2.39. The predicted octanol–water partition coefficient (Wildman–Crippen LogP) is 5.07. The lowest BCUT2D eigenvalue weighted by Crippen LogP contribution is -2.27. The molecule has 4 aromatic rings. The Hall–Kier alpha value is -4.52. The molecule has 1 aliphatic carbocycles. The Bertz CT molecular complexity index is 1440. The zero-order chi connectivity index (χ0) is 24.4. The lowest BCUT2D eigenvalue weighted by atomic mass is 9.73. The van der Waals surface area contributed by atoms with Crippen LogP contribution in [0.25, 0.3) is 0 Å². The predicted molar refractivity (Wildman–Crippen MR) is 126 cm³/mol. The van der Waals surface area contributed by atoms with Gasteiger partial charge in [0.25, 0.3) is 0 Å². The van der Waals surface area contributed by atoms with Gasteiger partial charge in [0.2, 0.25) is 0 Å². The van der Waals surface area contributed by atoms with Crippen LogP contribution >= 0.6 is 0 Å². The Morgan fingerprint density at radius 1 is 0.514 bits per heavy atom. The van der Waals surface area contributed by atoms with Crippen molar-refractivity contribution < 1.29 is 35.4 Å². The van der Waals surface area contributed by atoms with Crippen LogP contribution in [0.4, 0.5) is 0 Å². The summed E-state index contributed by atoms with van der Waals surface area (Å²) in [5.41, 5.74) is 3.38. The maximum absolute atomic E-state index is 11.0. The third-order valence-corrected chi connectivity index (χ3v) is 7.03. The Morgan fingerprint density at radius 3 is 1.89 bits per heavy atom. The van der Waals surface area contributed by atoms with Gasteiger partial charge in [0.1, 0.15) is 46.4 Å². The second-order valence-corrected chi connectivity index (χ2v) is 9.13. The van der Waals surface area contributed by atoms with Crippen LogP contribution in [-0.4, -0.2) is 30.6 Å². The molecule has 0 spiro atoms. The van der Waals surface area contributed by atoms with Gasteiger partial charge >= 0.3 is 0 Å². The van der Waals surface area contributed by atoms with Gasteiger partial charge in [-0.05, 0) is 58.7 Å². The topological polar surface area (TPSA) is 131 Å². The van der Waals surface area contributed by atoms with E-state index in [1.807, 2.05) is 0 Å². The number of benzene rings is 4. The molecule has 0 fully saturated rings. The number of fused-ring (bicyclic) bond motifs is 5. The van der Waals surface area contributed by atoms with E-state index in [0.29, 0.717) is 22.4 Å². The normalized spacial score (nSPS) is 22.1. The van der Waals surface area contributed by atoms with Crippen molar-refractivity contribution in [3.05, 3.63) is 101 Å². The first kappa shape index (κ1) is 21.0. The molecule has 6 N–H and O–H groups in total. The second-order valence-electron chi connectivity index (χ2n) is 9.13. The summed E-state index contributed by atoms with van der Waals surface area (Å²) in [6.45, 7) is 0. The molecule has 0 saturated heterocycles. The van der Waals surface area contributed by atoms with Crippen LogP contribution < -0.4 is 4.74 Å². The van der Waals surface area contributed by atoms with Crippen LogP contribution in [0.15, 0.2) is 72.8 Å². The molecule has 0 aromatic heterocycles. The Kier molecular flexibility index (Phi) is 4.51. The van der Waals surface area contributed by atoms with E-state index < -0.39 is 12.0 Å². The first-order valence-corrected chi connectivity index (χ1v) is 11.2. The summed E-state index contributed by atoms with van der Waals surface area (Å²) in [5.74, 6) is -1.03. The fraction of sp³-hybridized carbons (Fsp3) is 0.143. The van der Waals surface area contributed by atoms with Gasteiger partial charge in [0.05, 0.1) is 0 Å². The van der Waals surface area contributed by atoms with Crippen LogP contribution in [0, 0.1) is 0 Å². The van der Waals surface area contributed by atoms with E-state index in [1.54, 1.807) is 54.6 Å². The number of hydrogen-bond acceptors (Lipinski definition) is 7. The second kappa shape index (κ2) is 7.50. The molecule has 35 heavy (non-hydrogen) atoms. The molecule has 4 aromatic carbocycles. The van der Waals surface area contributed by atoms with E-state index in [1.165, 1.54) is 18.2 Å². The average molecular weight is 470 g/mol. The summed E-state index contributed by atoms with van der Waals surface area (Å²) in [4.78, 5) is 0. The molecular formula is C28H22O7. The summed E-state index contributed by atoms with van der Waals surface area (Å²) in [6.07, 6.45) is -0.578. The molecule has 0 amide bonds. The number of hydrogen-bond donors (Lipinski definition) is 6. The minimum atomic E-state index is -0.578. The van der Waals surface area contributed by atoms with Crippen molar-refractivity contribution in [3.8, 4) is 40.2 Å². The molecule has 2 aliphatic rings. The molecule has 1 heterocycles. The highest BCUT2D eigenvalue weighted by Crippen LogP contribution is 2.65. The van der Waals surface area contributed by atoms with Crippen molar-refractivity contribution >= 4 is 0 Å². The van der Waals surface area contributed by atoms with Gasteiger partial charge in [-0.2, -0.15) is 0 Å². The first-order chi connectivity index (χ1) is 16.8. The number of rotatable bonds is 2. The van der Waals surface area contributed by atoms with Gasteiger partial charge in [-0.15, -0.1) is 0 Å². The maximum atomic E-state index is 11.0. The zero-order valence-electron chi connectivity index (χ0n) is 18.3. The summed E-state index contributed by atoms with van der Waals surface area (Å²) in [6, 6.07) is 18.7. The van der Waals surface area contributed by atoms with Gasteiger partial charge in [-0.3, -0.25) is 0 Å². The molecule has 4 unspecified atom stereocenters. The molecule has 0 radical (unpaired) electrons. The number of phenolic OH excluding ortho intramolecular Hbond substituents is 6.